The maximum absolute atomic E-state index is 13.1. The van der Waals surface area contributed by atoms with Crippen molar-refractivity contribution in [2.75, 3.05) is 33.5 Å². The number of carbonyl (C=O) groups is 1. The Bertz CT molecular complexity index is 2310. The van der Waals surface area contributed by atoms with Gasteiger partial charge in [-0.3, -0.25) is 4.68 Å². The summed E-state index contributed by atoms with van der Waals surface area (Å²) in [7, 11) is 3.68. The zero-order valence-electron chi connectivity index (χ0n) is 30.8. The highest BCUT2D eigenvalue weighted by Gasteiger charge is 2.34. The minimum Gasteiger partial charge on any atom is -0.493 e. The molecule has 0 spiro atoms. The maximum Gasteiger partial charge on any atom is 0.352 e. The van der Waals surface area contributed by atoms with Crippen LogP contribution < -0.4 is 9.47 Å². The van der Waals surface area contributed by atoms with Crippen LogP contribution in [-0.4, -0.2) is 59.0 Å². The van der Waals surface area contributed by atoms with Crippen LogP contribution in [0.15, 0.2) is 97.1 Å². The van der Waals surface area contributed by atoms with Crippen molar-refractivity contribution in [2.45, 2.75) is 51.0 Å². The second-order valence-electron chi connectivity index (χ2n) is 13.9. The zero-order chi connectivity index (χ0) is 37.1. The number of methoxy groups -OCH3 is 1. The normalized spacial score (nSPS) is 16.1. The van der Waals surface area contributed by atoms with E-state index in [1.807, 2.05) is 77.0 Å². The van der Waals surface area contributed by atoms with Gasteiger partial charge >= 0.3 is 5.97 Å². The zero-order valence-corrected chi connectivity index (χ0v) is 30.8. The lowest BCUT2D eigenvalue weighted by molar-refractivity contribution is -0.0948. The molecule has 2 aliphatic heterocycles. The molecule has 0 radical (unpaired) electrons. The predicted molar refractivity (Wildman–Crippen MR) is 207 cm³/mol. The molecular formula is C44H45N3O7. The lowest BCUT2D eigenvalue weighted by atomic mass is 9.86. The van der Waals surface area contributed by atoms with Gasteiger partial charge in [0, 0.05) is 68.7 Å². The second-order valence-corrected chi connectivity index (χ2v) is 13.9. The first-order chi connectivity index (χ1) is 26.5. The Morgan fingerprint density at radius 2 is 1.69 bits per heavy atom. The number of carboxylic acid groups (broad SMARTS) is 1. The smallest absolute Gasteiger partial charge is 0.352 e. The van der Waals surface area contributed by atoms with Crippen LogP contribution >= 0.6 is 0 Å². The first-order valence-electron chi connectivity index (χ1n) is 18.6. The summed E-state index contributed by atoms with van der Waals surface area (Å²) < 4.78 is 34.1. The summed E-state index contributed by atoms with van der Waals surface area (Å²) in [4.78, 5) is 13.1. The van der Waals surface area contributed by atoms with Crippen molar-refractivity contribution in [3.63, 3.8) is 0 Å². The topological polar surface area (TPSA) is 106 Å². The number of ether oxygens (including phenoxy) is 5. The highest BCUT2D eigenvalue weighted by Crippen LogP contribution is 2.40. The van der Waals surface area contributed by atoms with Crippen molar-refractivity contribution >= 4 is 27.6 Å². The van der Waals surface area contributed by atoms with Crippen LogP contribution in [0.4, 0.5) is 0 Å². The number of carboxylic acids is 1. The Labute approximate surface area is 314 Å². The third-order valence-corrected chi connectivity index (χ3v) is 10.8. The number of hydrogen-bond acceptors (Lipinski definition) is 7. The van der Waals surface area contributed by atoms with Gasteiger partial charge in [0.05, 0.1) is 36.6 Å². The predicted octanol–water partition coefficient (Wildman–Crippen LogP) is 8.22. The molecule has 0 atom stereocenters. The molecule has 1 N–H and O–H groups in total. The van der Waals surface area contributed by atoms with Gasteiger partial charge in [0.2, 0.25) is 0 Å². The molecule has 1 saturated heterocycles. The van der Waals surface area contributed by atoms with Crippen molar-refractivity contribution in [2.24, 2.45) is 7.05 Å². The molecule has 4 aromatic carbocycles. The number of hydrogen-bond donors (Lipinski definition) is 1. The molecule has 0 aliphatic carbocycles. The number of nitrogens with zero attached hydrogens (tertiary/aromatic N) is 3. The summed E-state index contributed by atoms with van der Waals surface area (Å²) in [6, 6.07) is 28.4. The first kappa shape index (κ1) is 35.6. The average molecular weight is 728 g/mol. The molecule has 8 rings (SSSR count). The fourth-order valence-electron chi connectivity index (χ4n) is 8.10. The number of fused-ring (bicyclic) bond motifs is 3. The monoisotopic (exact) mass is 727 g/mol. The molecule has 2 aromatic heterocycles. The van der Waals surface area contributed by atoms with Crippen molar-refractivity contribution in [1.29, 1.82) is 0 Å². The molecule has 10 nitrogen and oxygen atoms in total. The standard InChI is InChI=1S/C44H45N3O7/c1-46-38-29-52-24-6-5-23-47-41-34(35(42(47)43(48)49)15-9-25-53-39-16-7-11-30-10-3-4-12-33(30)39)13-8-14-36(41)40(38)37(45-46)28-54-32-19-17-31(18-20-32)44(50-2)21-26-51-27-22-44/h3-8,10-14,16-20H,9,15,21-29H2,1-2H3,(H,48,49)/b6-5-. The Hall–Kier alpha value is -5.42. The van der Waals surface area contributed by atoms with Crippen LogP contribution in [0, 0.1) is 0 Å². The molecule has 10 heteroatoms. The van der Waals surface area contributed by atoms with E-state index in [0.29, 0.717) is 52.4 Å². The van der Waals surface area contributed by atoms with E-state index < -0.39 is 5.97 Å². The van der Waals surface area contributed by atoms with Crippen LogP contribution in [0.1, 0.15) is 52.3 Å². The number of benzene rings is 4. The van der Waals surface area contributed by atoms with E-state index >= 15 is 0 Å². The van der Waals surface area contributed by atoms with Gasteiger partial charge in [-0.2, -0.15) is 5.10 Å². The fourth-order valence-corrected chi connectivity index (χ4v) is 8.10. The van der Waals surface area contributed by atoms with Gasteiger partial charge in [-0.1, -0.05) is 78.9 Å². The Morgan fingerprint density at radius 3 is 2.50 bits per heavy atom. The minimum atomic E-state index is -0.962. The number of para-hydroxylation sites is 1. The largest absolute Gasteiger partial charge is 0.493 e. The van der Waals surface area contributed by atoms with Crippen molar-refractivity contribution in [1.82, 2.24) is 14.3 Å². The van der Waals surface area contributed by atoms with Crippen molar-refractivity contribution < 1.29 is 33.6 Å². The molecule has 0 bridgehead atoms. The Kier molecular flexibility index (Phi) is 10.2. The molecule has 4 heterocycles. The summed E-state index contributed by atoms with van der Waals surface area (Å²) in [5, 5.41) is 18.8. The highest BCUT2D eigenvalue weighted by atomic mass is 16.5. The number of allylic oxidation sites excluding steroid dienone is 1. The third kappa shape index (κ3) is 6.77. The Morgan fingerprint density at radius 1 is 0.907 bits per heavy atom. The van der Waals surface area contributed by atoms with E-state index in [-0.39, 0.29) is 17.9 Å². The number of aromatic carboxylic acids is 1. The van der Waals surface area contributed by atoms with Crippen molar-refractivity contribution in [3.8, 4) is 22.6 Å². The average Bonchev–Trinajstić information content (AvgIpc) is 3.69. The highest BCUT2D eigenvalue weighted by molar-refractivity contribution is 6.04. The van der Waals surface area contributed by atoms with Crippen LogP contribution in [-0.2, 0) is 53.0 Å². The van der Waals surface area contributed by atoms with E-state index in [9.17, 15) is 9.90 Å². The van der Waals surface area contributed by atoms with Gasteiger partial charge < -0.3 is 33.4 Å². The maximum atomic E-state index is 13.1. The van der Waals surface area contributed by atoms with Crippen LogP contribution in [0.3, 0.4) is 0 Å². The van der Waals surface area contributed by atoms with Gasteiger partial charge in [-0.15, -0.1) is 0 Å². The SMILES string of the molecule is COC1(c2ccc(OCc3nn(C)c4c3-c3cccc5c(CCCOc6cccc7ccccc67)c(C(=O)O)n(c35)C/C=C\COC4)cc2)CCOCC1. The van der Waals surface area contributed by atoms with Gasteiger partial charge in [0.1, 0.15) is 29.5 Å². The molecule has 6 aromatic rings. The lowest BCUT2D eigenvalue weighted by Gasteiger charge is -2.36. The van der Waals surface area contributed by atoms with Crippen LogP contribution in [0.2, 0.25) is 0 Å². The summed E-state index contributed by atoms with van der Waals surface area (Å²) in [6.07, 6.45) is 6.71. The Balaban J connectivity index is 1.12. The molecular weight excluding hydrogens is 682 g/mol. The summed E-state index contributed by atoms with van der Waals surface area (Å²) in [5.74, 6) is 0.582. The van der Waals surface area contributed by atoms with Crippen molar-refractivity contribution in [3.05, 3.63) is 125 Å². The molecule has 2 aliphatic rings. The van der Waals surface area contributed by atoms with E-state index in [2.05, 4.69) is 36.4 Å². The quantitative estimate of drug-likeness (QED) is 0.105. The van der Waals surface area contributed by atoms with E-state index in [1.54, 1.807) is 7.11 Å². The molecule has 278 valence electrons. The first-order valence-corrected chi connectivity index (χ1v) is 18.6. The number of aryl methyl sites for hydroxylation is 2. The van der Waals surface area contributed by atoms with Crippen LogP contribution in [0.5, 0.6) is 11.5 Å². The summed E-state index contributed by atoms with van der Waals surface area (Å²) in [6.45, 7) is 3.11. The summed E-state index contributed by atoms with van der Waals surface area (Å²) >= 11 is 0. The third-order valence-electron chi connectivity index (χ3n) is 10.8. The number of aromatic nitrogens is 3. The minimum absolute atomic E-state index is 0.214. The molecule has 54 heavy (non-hydrogen) atoms. The van der Waals surface area contributed by atoms with Gasteiger partial charge in [-0.05, 0) is 47.6 Å². The molecule has 0 saturated carbocycles. The van der Waals surface area contributed by atoms with Crippen LogP contribution in [0.25, 0.3) is 32.8 Å². The van der Waals surface area contributed by atoms with E-state index in [4.69, 9.17) is 28.8 Å². The van der Waals surface area contributed by atoms with Gasteiger partial charge in [-0.25, -0.2) is 4.79 Å². The fraction of sp³-hybridized carbons (Fsp3) is 0.318. The summed E-state index contributed by atoms with van der Waals surface area (Å²) in [5.41, 5.74) is 6.11. The van der Waals surface area contributed by atoms with E-state index in [1.165, 1.54) is 0 Å². The molecule has 0 amide bonds. The molecule has 1 fully saturated rings. The van der Waals surface area contributed by atoms with E-state index in [0.717, 1.165) is 79.7 Å². The van der Waals surface area contributed by atoms with Gasteiger partial charge in [0.15, 0.2) is 0 Å². The second kappa shape index (κ2) is 15.5. The lowest BCUT2D eigenvalue weighted by Crippen LogP contribution is -2.35. The number of rotatable bonds is 11. The molecule has 0 unspecified atom stereocenters. The van der Waals surface area contributed by atoms with Gasteiger partial charge in [0.25, 0.3) is 0 Å².